The molecule has 0 aromatic heterocycles. The van der Waals surface area contributed by atoms with E-state index in [4.69, 9.17) is 4.74 Å². The number of rotatable bonds is 6. The fraction of sp³-hybridized carbons (Fsp3) is 0.600. The van der Waals surface area contributed by atoms with Gasteiger partial charge in [-0.25, -0.2) is 0 Å². The maximum Gasteiger partial charge on any atom is 0.142 e. The monoisotopic (exact) mass is 248 g/mol. The van der Waals surface area contributed by atoms with Crippen molar-refractivity contribution in [3.05, 3.63) is 24.3 Å². The molecule has 1 saturated heterocycles. The fourth-order valence-corrected chi connectivity index (χ4v) is 2.64. The second kappa shape index (κ2) is 6.64. The summed E-state index contributed by atoms with van der Waals surface area (Å²) in [5.74, 6) is 0.957. The second-order valence-electron chi connectivity index (χ2n) is 5.03. The number of nitrogens with one attached hydrogen (secondary N) is 1. The van der Waals surface area contributed by atoms with Gasteiger partial charge in [-0.1, -0.05) is 12.1 Å². The number of anilines is 1. The summed E-state index contributed by atoms with van der Waals surface area (Å²) in [6.07, 6.45) is 5.19. The maximum atomic E-state index is 5.39. The van der Waals surface area contributed by atoms with E-state index in [1.807, 2.05) is 12.1 Å². The quantitative estimate of drug-likeness (QED) is 0.837. The molecule has 0 aliphatic carbocycles. The Kier molecular flexibility index (Phi) is 4.88. The number of hydrogen-bond donors (Lipinski definition) is 1. The van der Waals surface area contributed by atoms with Crippen molar-refractivity contribution < 1.29 is 4.74 Å². The summed E-state index contributed by atoms with van der Waals surface area (Å²) in [5, 5.41) is 3.55. The van der Waals surface area contributed by atoms with Gasteiger partial charge in [0.2, 0.25) is 0 Å². The molecule has 0 radical (unpaired) electrons. The summed E-state index contributed by atoms with van der Waals surface area (Å²) >= 11 is 0. The van der Waals surface area contributed by atoms with Crippen molar-refractivity contribution in [2.24, 2.45) is 0 Å². The third kappa shape index (κ3) is 3.39. The molecule has 0 amide bonds. The van der Waals surface area contributed by atoms with Crippen LogP contribution in [0.1, 0.15) is 25.7 Å². The van der Waals surface area contributed by atoms with E-state index in [1.54, 1.807) is 7.11 Å². The highest BCUT2D eigenvalue weighted by Gasteiger charge is 2.14. The maximum absolute atomic E-state index is 5.39. The lowest BCUT2D eigenvalue weighted by atomic mass is 10.1. The normalized spacial score (nSPS) is 18.9. The summed E-state index contributed by atoms with van der Waals surface area (Å²) in [6.45, 7) is 2.28. The lowest BCUT2D eigenvalue weighted by Crippen LogP contribution is -2.24. The van der Waals surface area contributed by atoms with E-state index in [9.17, 15) is 0 Å². The third-order valence-corrected chi connectivity index (χ3v) is 3.70. The van der Waals surface area contributed by atoms with E-state index in [0.717, 1.165) is 18.3 Å². The van der Waals surface area contributed by atoms with Gasteiger partial charge in [-0.3, -0.25) is 0 Å². The Morgan fingerprint density at radius 2 is 2.22 bits per heavy atom. The van der Waals surface area contributed by atoms with Crippen molar-refractivity contribution in [1.82, 2.24) is 5.32 Å². The van der Waals surface area contributed by atoms with Crippen LogP contribution < -0.4 is 15.0 Å². The molecule has 3 nitrogen and oxygen atoms in total. The summed E-state index contributed by atoms with van der Waals surface area (Å²) in [5.41, 5.74) is 1.18. The Morgan fingerprint density at radius 3 is 2.94 bits per heavy atom. The summed E-state index contributed by atoms with van der Waals surface area (Å²) < 4.78 is 5.39. The number of methoxy groups -OCH3 is 1. The smallest absolute Gasteiger partial charge is 0.142 e. The van der Waals surface area contributed by atoms with Crippen LogP contribution in [0.2, 0.25) is 0 Å². The molecule has 1 atom stereocenters. The topological polar surface area (TPSA) is 24.5 Å². The molecule has 1 unspecified atom stereocenters. The minimum absolute atomic E-state index is 0.746. The van der Waals surface area contributed by atoms with Crippen molar-refractivity contribution >= 4 is 5.69 Å². The molecule has 0 saturated carbocycles. The van der Waals surface area contributed by atoms with Gasteiger partial charge in [0.05, 0.1) is 12.8 Å². The average Bonchev–Trinajstić information content (AvgIpc) is 2.91. The molecule has 100 valence electrons. The first kappa shape index (κ1) is 13.2. The van der Waals surface area contributed by atoms with Crippen molar-refractivity contribution in [1.29, 1.82) is 0 Å². The standard InChI is InChI=1S/C15H24N2O/c1-17(12-6-8-13-7-5-11-16-13)14-9-3-4-10-15(14)18-2/h3-4,9-10,13,16H,5-8,11-12H2,1-2H3. The van der Waals surface area contributed by atoms with Crippen molar-refractivity contribution in [3.8, 4) is 5.75 Å². The van der Waals surface area contributed by atoms with E-state index >= 15 is 0 Å². The highest BCUT2D eigenvalue weighted by molar-refractivity contribution is 5.57. The zero-order valence-electron chi connectivity index (χ0n) is 11.5. The van der Waals surface area contributed by atoms with E-state index in [2.05, 4.69) is 29.4 Å². The molecule has 2 rings (SSSR count). The zero-order chi connectivity index (χ0) is 12.8. The third-order valence-electron chi connectivity index (χ3n) is 3.70. The van der Waals surface area contributed by atoms with Gasteiger partial charge in [0.1, 0.15) is 5.75 Å². The first-order valence-corrected chi connectivity index (χ1v) is 6.89. The molecular weight excluding hydrogens is 224 g/mol. The molecule has 1 fully saturated rings. The van der Waals surface area contributed by atoms with Crippen LogP contribution in [0.4, 0.5) is 5.69 Å². The summed E-state index contributed by atoms with van der Waals surface area (Å²) in [4.78, 5) is 2.29. The highest BCUT2D eigenvalue weighted by atomic mass is 16.5. The molecule has 1 aromatic rings. The fourth-order valence-electron chi connectivity index (χ4n) is 2.64. The Bertz CT molecular complexity index is 361. The zero-order valence-corrected chi connectivity index (χ0v) is 11.5. The SMILES string of the molecule is COc1ccccc1N(C)CCCC1CCCN1. The molecular formula is C15H24N2O. The van der Waals surface area contributed by atoms with Crippen molar-refractivity contribution in [3.63, 3.8) is 0 Å². The van der Waals surface area contributed by atoms with Crippen molar-refractivity contribution in [2.75, 3.05) is 32.1 Å². The van der Waals surface area contributed by atoms with E-state index in [1.165, 1.54) is 37.9 Å². The number of nitrogens with zero attached hydrogens (tertiary/aromatic N) is 1. The van der Waals surface area contributed by atoms with Crippen LogP contribution in [0.5, 0.6) is 5.75 Å². The van der Waals surface area contributed by atoms with E-state index < -0.39 is 0 Å². The highest BCUT2D eigenvalue weighted by Crippen LogP contribution is 2.26. The molecule has 3 heteroatoms. The Morgan fingerprint density at radius 1 is 1.39 bits per heavy atom. The molecule has 0 spiro atoms. The number of hydrogen-bond acceptors (Lipinski definition) is 3. The van der Waals surface area contributed by atoms with Gasteiger partial charge >= 0.3 is 0 Å². The van der Waals surface area contributed by atoms with Gasteiger partial charge < -0.3 is 15.0 Å². The van der Waals surface area contributed by atoms with Gasteiger partial charge in [0, 0.05) is 19.6 Å². The van der Waals surface area contributed by atoms with Crippen molar-refractivity contribution in [2.45, 2.75) is 31.7 Å². The van der Waals surface area contributed by atoms with Crippen LogP contribution in [0, 0.1) is 0 Å². The lowest BCUT2D eigenvalue weighted by molar-refractivity contribution is 0.414. The summed E-state index contributed by atoms with van der Waals surface area (Å²) in [7, 11) is 3.87. The molecule has 0 bridgehead atoms. The van der Waals surface area contributed by atoms with Crippen LogP contribution in [-0.4, -0.2) is 33.3 Å². The molecule has 1 heterocycles. The lowest BCUT2D eigenvalue weighted by Gasteiger charge is -2.22. The van der Waals surface area contributed by atoms with Gasteiger partial charge in [-0.15, -0.1) is 0 Å². The van der Waals surface area contributed by atoms with Gasteiger partial charge in [0.25, 0.3) is 0 Å². The largest absolute Gasteiger partial charge is 0.495 e. The predicted molar refractivity (Wildman–Crippen MR) is 76.5 cm³/mol. The predicted octanol–water partition coefficient (Wildman–Crippen LogP) is 2.66. The first-order valence-electron chi connectivity index (χ1n) is 6.89. The Hall–Kier alpha value is -1.22. The second-order valence-corrected chi connectivity index (χ2v) is 5.03. The van der Waals surface area contributed by atoms with Gasteiger partial charge in [0.15, 0.2) is 0 Å². The number of para-hydroxylation sites is 2. The Labute approximate surface area is 110 Å². The molecule has 1 N–H and O–H groups in total. The number of benzene rings is 1. The molecule has 1 aliphatic rings. The molecule has 1 aromatic carbocycles. The van der Waals surface area contributed by atoms with Crippen LogP contribution in [0.15, 0.2) is 24.3 Å². The minimum atomic E-state index is 0.746. The summed E-state index contributed by atoms with van der Waals surface area (Å²) in [6, 6.07) is 8.96. The number of ether oxygens (including phenoxy) is 1. The first-order chi connectivity index (χ1) is 8.81. The van der Waals surface area contributed by atoms with Crippen LogP contribution in [0.25, 0.3) is 0 Å². The van der Waals surface area contributed by atoms with E-state index in [0.29, 0.717) is 0 Å². The average molecular weight is 248 g/mol. The Balaban J connectivity index is 1.81. The molecule has 1 aliphatic heterocycles. The molecule has 18 heavy (non-hydrogen) atoms. The van der Waals surface area contributed by atoms with Gasteiger partial charge in [-0.05, 0) is 44.4 Å². The van der Waals surface area contributed by atoms with E-state index in [-0.39, 0.29) is 0 Å². The minimum Gasteiger partial charge on any atom is -0.495 e. The van der Waals surface area contributed by atoms with Crippen LogP contribution in [-0.2, 0) is 0 Å². The van der Waals surface area contributed by atoms with Gasteiger partial charge in [-0.2, -0.15) is 0 Å². The van der Waals surface area contributed by atoms with Crippen LogP contribution >= 0.6 is 0 Å². The van der Waals surface area contributed by atoms with Crippen LogP contribution in [0.3, 0.4) is 0 Å².